The summed E-state index contributed by atoms with van der Waals surface area (Å²) in [5.74, 6) is -7.84. The first-order chi connectivity index (χ1) is 5.46. The van der Waals surface area contributed by atoms with Crippen molar-refractivity contribution in [2.24, 2.45) is 0 Å². The molecule has 0 aliphatic heterocycles. The number of carbonyl (C=O) groups excluding carboxylic acids is 2. The van der Waals surface area contributed by atoms with Gasteiger partial charge in [0.05, 0.1) is 0 Å². The van der Waals surface area contributed by atoms with Crippen LogP contribution in [0.1, 0.15) is 0 Å². The standard InChI is InChI=1S/C6H4O6.H2O/c7-1-2(8)4(10)6(12)5(11)3(1)9;/h7-8,11-12H;1H2. The summed E-state index contributed by atoms with van der Waals surface area (Å²) in [6.07, 6.45) is 0. The Labute approximate surface area is 71.2 Å². The molecule has 0 heterocycles. The topological polar surface area (TPSA) is 147 Å². The molecule has 72 valence electrons. The molecule has 0 amide bonds. The Balaban J connectivity index is 0.00000144. The van der Waals surface area contributed by atoms with E-state index in [-0.39, 0.29) is 5.48 Å². The summed E-state index contributed by atoms with van der Waals surface area (Å²) in [4.78, 5) is 21.2. The van der Waals surface area contributed by atoms with Gasteiger partial charge in [-0.05, 0) is 0 Å². The van der Waals surface area contributed by atoms with E-state index < -0.39 is 34.6 Å². The molecule has 1 aliphatic rings. The third-order valence-electron chi connectivity index (χ3n) is 1.31. The lowest BCUT2D eigenvalue weighted by atomic mass is 10.1. The van der Waals surface area contributed by atoms with Gasteiger partial charge in [0, 0.05) is 0 Å². The molecule has 0 bridgehead atoms. The average molecular weight is 190 g/mol. The van der Waals surface area contributed by atoms with Crippen LogP contribution >= 0.6 is 0 Å². The lowest BCUT2D eigenvalue weighted by Gasteiger charge is -2.08. The number of carbonyl (C=O) groups is 2. The van der Waals surface area contributed by atoms with Crippen molar-refractivity contribution >= 4 is 11.6 Å². The van der Waals surface area contributed by atoms with Gasteiger partial charge in [0.1, 0.15) is 0 Å². The Morgan fingerprint density at radius 3 is 0.923 bits per heavy atom. The molecule has 0 fully saturated rings. The highest BCUT2D eigenvalue weighted by atomic mass is 16.3. The zero-order valence-corrected chi connectivity index (χ0v) is 6.11. The van der Waals surface area contributed by atoms with Gasteiger partial charge in [-0.1, -0.05) is 0 Å². The first-order valence-corrected chi connectivity index (χ1v) is 2.80. The molecule has 0 unspecified atom stereocenters. The van der Waals surface area contributed by atoms with Gasteiger partial charge in [-0.25, -0.2) is 0 Å². The van der Waals surface area contributed by atoms with E-state index in [4.69, 9.17) is 20.4 Å². The first kappa shape index (κ1) is 11.0. The molecule has 6 N–H and O–H groups in total. The van der Waals surface area contributed by atoms with Gasteiger partial charge in [-0.15, -0.1) is 0 Å². The smallest absolute Gasteiger partial charge is 0.269 e. The maximum atomic E-state index is 10.6. The fourth-order valence-electron chi connectivity index (χ4n) is 0.654. The number of aliphatic hydroxyl groups is 4. The lowest BCUT2D eigenvalue weighted by molar-refractivity contribution is -0.124. The minimum Gasteiger partial charge on any atom is -0.501 e. The van der Waals surface area contributed by atoms with E-state index in [0.29, 0.717) is 0 Å². The molecule has 0 aromatic carbocycles. The van der Waals surface area contributed by atoms with E-state index in [2.05, 4.69) is 0 Å². The molecular weight excluding hydrogens is 184 g/mol. The third kappa shape index (κ3) is 1.32. The van der Waals surface area contributed by atoms with E-state index in [9.17, 15) is 9.59 Å². The fraction of sp³-hybridized carbons (Fsp3) is 0. The summed E-state index contributed by atoms with van der Waals surface area (Å²) in [6, 6.07) is 0. The van der Waals surface area contributed by atoms with Crippen LogP contribution in [0, 0.1) is 0 Å². The highest BCUT2D eigenvalue weighted by Crippen LogP contribution is 2.17. The maximum absolute atomic E-state index is 10.6. The quantitative estimate of drug-likeness (QED) is 0.359. The van der Waals surface area contributed by atoms with Crippen LogP contribution in [0.5, 0.6) is 0 Å². The SMILES string of the molecule is O.O=C1C(O)=C(O)C(=O)C(O)=C1O. The van der Waals surface area contributed by atoms with Crippen molar-refractivity contribution in [3.8, 4) is 0 Å². The van der Waals surface area contributed by atoms with Crippen LogP contribution in [0.15, 0.2) is 23.0 Å². The Bertz CT molecular complexity index is 273. The highest BCUT2D eigenvalue weighted by Gasteiger charge is 2.34. The van der Waals surface area contributed by atoms with E-state index in [1.807, 2.05) is 0 Å². The minimum atomic E-state index is -1.38. The van der Waals surface area contributed by atoms with Gasteiger partial charge in [-0.3, -0.25) is 9.59 Å². The summed E-state index contributed by atoms with van der Waals surface area (Å²) < 4.78 is 0. The Kier molecular flexibility index (Phi) is 2.66. The average Bonchev–Trinajstić information content (AvgIpc) is 2.08. The van der Waals surface area contributed by atoms with E-state index >= 15 is 0 Å². The number of ketones is 2. The van der Waals surface area contributed by atoms with Gasteiger partial charge < -0.3 is 25.9 Å². The van der Waals surface area contributed by atoms with Gasteiger partial charge in [-0.2, -0.15) is 0 Å². The zero-order chi connectivity index (χ0) is 9.46. The van der Waals surface area contributed by atoms with Gasteiger partial charge >= 0.3 is 0 Å². The van der Waals surface area contributed by atoms with Gasteiger partial charge in [0.25, 0.3) is 11.6 Å². The van der Waals surface area contributed by atoms with Crippen molar-refractivity contribution < 1.29 is 35.5 Å². The normalized spacial score (nSPS) is 17.5. The van der Waals surface area contributed by atoms with Crippen molar-refractivity contribution in [2.45, 2.75) is 0 Å². The summed E-state index contributed by atoms with van der Waals surface area (Å²) >= 11 is 0. The lowest BCUT2D eigenvalue weighted by Crippen LogP contribution is -2.23. The molecule has 13 heavy (non-hydrogen) atoms. The molecule has 1 aliphatic carbocycles. The maximum Gasteiger partial charge on any atom is 0.269 e. The molecule has 7 nitrogen and oxygen atoms in total. The highest BCUT2D eigenvalue weighted by molar-refractivity contribution is 6.21. The van der Waals surface area contributed by atoms with Crippen molar-refractivity contribution in [2.75, 3.05) is 0 Å². The molecule has 0 radical (unpaired) electrons. The second kappa shape index (κ2) is 3.15. The molecule has 0 aromatic heterocycles. The zero-order valence-electron chi connectivity index (χ0n) is 6.11. The molecule has 0 saturated carbocycles. The Hall–Kier alpha value is -2.02. The summed E-state index contributed by atoms with van der Waals surface area (Å²) in [5, 5.41) is 34.6. The predicted octanol–water partition coefficient (Wildman–Crippen LogP) is -1.03. The summed E-state index contributed by atoms with van der Waals surface area (Å²) in [7, 11) is 0. The van der Waals surface area contributed by atoms with Gasteiger partial charge in [0.2, 0.25) is 23.0 Å². The van der Waals surface area contributed by atoms with Crippen molar-refractivity contribution in [3.63, 3.8) is 0 Å². The number of hydrogen-bond acceptors (Lipinski definition) is 6. The second-order valence-corrected chi connectivity index (χ2v) is 2.05. The monoisotopic (exact) mass is 190 g/mol. The van der Waals surface area contributed by atoms with Crippen LogP contribution in [-0.4, -0.2) is 37.5 Å². The van der Waals surface area contributed by atoms with Crippen LogP contribution in [0.3, 0.4) is 0 Å². The van der Waals surface area contributed by atoms with Crippen LogP contribution in [0.2, 0.25) is 0 Å². The summed E-state index contributed by atoms with van der Waals surface area (Å²) in [6.45, 7) is 0. The molecule has 0 spiro atoms. The fourth-order valence-corrected chi connectivity index (χ4v) is 0.654. The molecular formula is C6H6O7. The van der Waals surface area contributed by atoms with Gasteiger partial charge in [0.15, 0.2) is 0 Å². The number of aliphatic hydroxyl groups excluding tert-OH is 4. The molecule has 1 rings (SSSR count). The molecule has 0 aromatic rings. The number of Topliss-reactive ketones (excluding diaryl/α,β-unsaturated/α-hetero) is 2. The Morgan fingerprint density at radius 1 is 0.615 bits per heavy atom. The molecule has 0 atom stereocenters. The van der Waals surface area contributed by atoms with E-state index in [0.717, 1.165) is 0 Å². The van der Waals surface area contributed by atoms with E-state index in [1.54, 1.807) is 0 Å². The van der Waals surface area contributed by atoms with Crippen molar-refractivity contribution in [3.05, 3.63) is 23.0 Å². The van der Waals surface area contributed by atoms with Crippen LogP contribution < -0.4 is 0 Å². The van der Waals surface area contributed by atoms with Crippen molar-refractivity contribution in [1.29, 1.82) is 0 Å². The Morgan fingerprint density at radius 2 is 0.769 bits per heavy atom. The van der Waals surface area contributed by atoms with Crippen molar-refractivity contribution in [1.82, 2.24) is 0 Å². The van der Waals surface area contributed by atoms with Crippen LogP contribution in [0.25, 0.3) is 0 Å². The molecule has 0 saturated heterocycles. The number of rotatable bonds is 0. The van der Waals surface area contributed by atoms with Crippen LogP contribution in [0.4, 0.5) is 0 Å². The molecule has 7 heteroatoms. The minimum absolute atomic E-state index is 0. The predicted molar refractivity (Wildman–Crippen MR) is 38.2 cm³/mol. The van der Waals surface area contributed by atoms with Crippen LogP contribution in [-0.2, 0) is 9.59 Å². The van der Waals surface area contributed by atoms with E-state index in [1.165, 1.54) is 0 Å². The largest absolute Gasteiger partial charge is 0.501 e. The first-order valence-electron chi connectivity index (χ1n) is 2.80. The number of hydrogen-bond donors (Lipinski definition) is 4. The summed E-state index contributed by atoms with van der Waals surface area (Å²) in [5.41, 5.74) is 0. The third-order valence-corrected chi connectivity index (χ3v) is 1.31. The second-order valence-electron chi connectivity index (χ2n) is 2.05.